The summed E-state index contributed by atoms with van der Waals surface area (Å²) in [6.45, 7) is 7.40. The van der Waals surface area contributed by atoms with Crippen molar-refractivity contribution in [2.45, 2.75) is 38.4 Å². The molecule has 0 amide bonds. The number of aliphatic imine (C=N–C) groups is 1. The molecular formula is C21H35IN4O3S. The van der Waals surface area contributed by atoms with Crippen molar-refractivity contribution >= 4 is 51.6 Å². The molecule has 0 fully saturated rings. The monoisotopic (exact) mass is 550 g/mol. The first kappa shape index (κ1) is 26.5. The second kappa shape index (κ2) is 12.4. The standard InChI is InChI=1S/C21H34N4O3S.HI/c1-21(2,3)29(26)11-10-24-20(22-4)23-9-7-8-15-12-17-18(25-15)13-16(27-5)14-19(17)28-6;/h12-14,25H,7-11H2,1-6H3,(H2,22,23,24);1H. The van der Waals surface area contributed by atoms with Gasteiger partial charge < -0.3 is 25.1 Å². The van der Waals surface area contributed by atoms with Crippen LogP contribution in [-0.2, 0) is 17.2 Å². The lowest BCUT2D eigenvalue weighted by atomic mass is 10.2. The number of aromatic nitrogens is 1. The maximum absolute atomic E-state index is 12.1. The molecule has 0 radical (unpaired) electrons. The Hall–Kier alpha value is -1.49. The van der Waals surface area contributed by atoms with Gasteiger partial charge in [0.2, 0.25) is 0 Å². The van der Waals surface area contributed by atoms with E-state index in [9.17, 15) is 4.21 Å². The molecule has 7 nitrogen and oxygen atoms in total. The van der Waals surface area contributed by atoms with Crippen LogP contribution in [0.1, 0.15) is 32.9 Å². The van der Waals surface area contributed by atoms with E-state index in [4.69, 9.17) is 9.47 Å². The molecule has 0 saturated heterocycles. The van der Waals surface area contributed by atoms with Gasteiger partial charge in [0.25, 0.3) is 0 Å². The first-order valence-electron chi connectivity index (χ1n) is 9.85. The number of fused-ring (bicyclic) bond motifs is 1. The molecule has 0 aliphatic heterocycles. The fraction of sp³-hybridized carbons (Fsp3) is 0.571. The van der Waals surface area contributed by atoms with Gasteiger partial charge in [-0.2, -0.15) is 0 Å². The van der Waals surface area contributed by atoms with Crippen LogP contribution in [0.25, 0.3) is 10.9 Å². The third-order valence-corrected chi connectivity index (χ3v) is 6.53. The second-order valence-corrected chi connectivity index (χ2v) is 10.1. The number of guanidine groups is 1. The largest absolute Gasteiger partial charge is 0.497 e. The molecular weight excluding hydrogens is 515 g/mol. The van der Waals surface area contributed by atoms with E-state index < -0.39 is 10.8 Å². The number of halogens is 1. The van der Waals surface area contributed by atoms with Crippen molar-refractivity contribution in [1.29, 1.82) is 0 Å². The topological polar surface area (TPSA) is 87.7 Å². The molecule has 0 spiro atoms. The summed E-state index contributed by atoms with van der Waals surface area (Å²) in [5.41, 5.74) is 2.16. The van der Waals surface area contributed by atoms with Gasteiger partial charge in [0.15, 0.2) is 5.96 Å². The summed E-state index contributed by atoms with van der Waals surface area (Å²) in [6.07, 6.45) is 1.85. The van der Waals surface area contributed by atoms with Crippen LogP contribution >= 0.6 is 24.0 Å². The Morgan fingerprint density at radius 1 is 1.13 bits per heavy atom. The summed E-state index contributed by atoms with van der Waals surface area (Å²) in [7, 11) is 4.19. The highest BCUT2D eigenvalue weighted by atomic mass is 127. The third kappa shape index (κ3) is 7.64. The average Bonchev–Trinajstić information content (AvgIpc) is 3.10. The molecule has 2 rings (SSSR count). The molecule has 1 aromatic carbocycles. The Labute approximate surface area is 199 Å². The van der Waals surface area contributed by atoms with Crippen LogP contribution in [0, 0.1) is 0 Å². The van der Waals surface area contributed by atoms with Gasteiger partial charge in [0.1, 0.15) is 11.5 Å². The van der Waals surface area contributed by atoms with E-state index in [0.717, 1.165) is 53.4 Å². The maximum atomic E-state index is 12.1. The number of methoxy groups -OCH3 is 2. The normalized spacial score (nSPS) is 12.9. The van der Waals surface area contributed by atoms with Crippen LogP contribution < -0.4 is 20.1 Å². The highest BCUT2D eigenvalue weighted by Gasteiger charge is 2.18. The summed E-state index contributed by atoms with van der Waals surface area (Å²) in [4.78, 5) is 7.67. The molecule has 1 aromatic heterocycles. The SMILES string of the molecule is CN=C(NCCCc1cc2c(OC)cc(OC)cc2[nH]1)NCCS(=O)C(C)(C)C.I. The molecule has 170 valence electrons. The number of aryl methyl sites for hydroxylation is 1. The number of nitrogens with one attached hydrogen (secondary N) is 3. The van der Waals surface area contributed by atoms with Crippen LogP contribution in [0.15, 0.2) is 23.2 Å². The molecule has 1 unspecified atom stereocenters. The molecule has 0 aliphatic carbocycles. The predicted octanol–water partition coefficient (Wildman–Crippen LogP) is 3.45. The van der Waals surface area contributed by atoms with Gasteiger partial charge in [-0.3, -0.25) is 9.20 Å². The maximum Gasteiger partial charge on any atom is 0.191 e. The van der Waals surface area contributed by atoms with E-state index in [-0.39, 0.29) is 28.7 Å². The fourth-order valence-electron chi connectivity index (χ4n) is 2.93. The van der Waals surface area contributed by atoms with Crippen LogP contribution in [0.4, 0.5) is 0 Å². The molecule has 2 aromatic rings. The van der Waals surface area contributed by atoms with Crippen molar-refractivity contribution in [2.75, 3.05) is 40.1 Å². The Kier molecular flexibility index (Phi) is 11.0. The third-order valence-electron chi connectivity index (χ3n) is 4.59. The summed E-state index contributed by atoms with van der Waals surface area (Å²) in [6, 6.07) is 6.00. The van der Waals surface area contributed by atoms with E-state index in [1.54, 1.807) is 21.3 Å². The van der Waals surface area contributed by atoms with E-state index >= 15 is 0 Å². The lowest BCUT2D eigenvalue weighted by Crippen LogP contribution is -2.40. The van der Waals surface area contributed by atoms with E-state index in [0.29, 0.717) is 12.3 Å². The molecule has 30 heavy (non-hydrogen) atoms. The van der Waals surface area contributed by atoms with Gasteiger partial charge in [0.05, 0.1) is 19.7 Å². The molecule has 0 saturated carbocycles. The highest BCUT2D eigenvalue weighted by molar-refractivity contribution is 14.0. The Balaban J connectivity index is 0.00000450. The number of rotatable bonds is 9. The Morgan fingerprint density at radius 3 is 2.43 bits per heavy atom. The van der Waals surface area contributed by atoms with Gasteiger partial charge in [-0.15, -0.1) is 24.0 Å². The van der Waals surface area contributed by atoms with Crippen LogP contribution in [0.3, 0.4) is 0 Å². The van der Waals surface area contributed by atoms with Crippen molar-refractivity contribution < 1.29 is 13.7 Å². The number of benzene rings is 1. The van der Waals surface area contributed by atoms with Crippen LogP contribution in [0.2, 0.25) is 0 Å². The summed E-state index contributed by atoms with van der Waals surface area (Å²) >= 11 is 0. The summed E-state index contributed by atoms with van der Waals surface area (Å²) in [5, 5.41) is 7.59. The zero-order chi connectivity index (χ0) is 21.4. The van der Waals surface area contributed by atoms with Gasteiger partial charge in [0, 0.05) is 64.6 Å². The molecule has 1 heterocycles. The fourth-order valence-corrected chi connectivity index (χ4v) is 3.83. The van der Waals surface area contributed by atoms with Crippen LogP contribution in [0.5, 0.6) is 11.5 Å². The van der Waals surface area contributed by atoms with Crippen molar-refractivity contribution in [3.63, 3.8) is 0 Å². The van der Waals surface area contributed by atoms with Crippen molar-refractivity contribution in [3.8, 4) is 11.5 Å². The van der Waals surface area contributed by atoms with Crippen LogP contribution in [-0.4, -0.2) is 60.0 Å². The summed E-state index contributed by atoms with van der Waals surface area (Å²) < 4.78 is 22.7. The van der Waals surface area contributed by atoms with Gasteiger partial charge in [-0.1, -0.05) is 0 Å². The number of aromatic amines is 1. The minimum Gasteiger partial charge on any atom is -0.497 e. The number of hydrogen-bond donors (Lipinski definition) is 3. The van der Waals surface area contributed by atoms with E-state index in [1.807, 2.05) is 32.9 Å². The number of ether oxygens (including phenoxy) is 2. The molecule has 3 N–H and O–H groups in total. The number of H-pyrrole nitrogens is 1. The van der Waals surface area contributed by atoms with Gasteiger partial charge in [-0.05, 0) is 39.7 Å². The lowest BCUT2D eigenvalue weighted by Gasteiger charge is -2.18. The van der Waals surface area contributed by atoms with Crippen molar-refractivity contribution in [1.82, 2.24) is 15.6 Å². The minimum absolute atomic E-state index is 0. The second-order valence-electron chi connectivity index (χ2n) is 7.78. The quantitative estimate of drug-likeness (QED) is 0.193. The summed E-state index contributed by atoms with van der Waals surface area (Å²) in [5.74, 6) is 2.91. The first-order valence-corrected chi connectivity index (χ1v) is 11.2. The molecule has 0 bridgehead atoms. The Bertz CT molecular complexity index is 862. The van der Waals surface area contributed by atoms with Crippen molar-refractivity contribution in [2.24, 2.45) is 4.99 Å². The molecule has 1 atom stereocenters. The van der Waals surface area contributed by atoms with Crippen molar-refractivity contribution in [3.05, 3.63) is 23.9 Å². The smallest absolute Gasteiger partial charge is 0.191 e. The predicted molar refractivity (Wildman–Crippen MR) is 137 cm³/mol. The first-order chi connectivity index (χ1) is 13.8. The average molecular weight is 551 g/mol. The minimum atomic E-state index is -0.870. The van der Waals surface area contributed by atoms with E-state index in [1.165, 1.54) is 0 Å². The Morgan fingerprint density at radius 2 is 1.83 bits per heavy atom. The van der Waals surface area contributed by atoms with E-state index in [2.05, 4.69) is 26.7 Å². The number of hydrogen-bond acceptors (Lipinski definition) is 4. The number of nitrogens with zero attached hydrogens (tertiary/aromatic N) is 1. The van der Waals surface area contributed by atoms with Gasteiger partial charge >= 0.3 is 0 Å². The molecule has 0 aliphatic rings. The zero-order valence-electron chi connectivity index (χ0n) is 18.8. The molecule has 9 heteroatoms. The van der Waals surface area contributed by atoms with Gasteiger partial charge in [-0.25, -0.2) is 0 Å². The lowest BCUT2D eigenvalue weighted by molar-refractivity contribution is 0.398. The zero-order valence-corrected chi connectivity index (χ0v) is 21.9. The highest BCUT2D eigenvalue weighted by Crippen LogP contribution is 2.31.